The van der Waals surface area contributed by atoms with E-state index in [1.54, 1.807) is 6.20 Å². The van der Waals surface area contributed by atoms with E-state index in [9.17, 15) is 4.79 Å². The minimum atomic E-state index is -0.0623. The molecule has 0 N–H and O–H groups in total. The zero-order chi connectivity index (χ0) is 13.9. The molecule has 0 aliphatic carbocycles. The maximum absolute atomic E-state index is 12.3. The van der Waals surface area contributed by atoms with Crippen LogP contribution in [0, 0.1) is 6.92 Å². The van der Waals surface area contributed by atoms with Crippen molar-refractivity contribution in [2.24, 2.45) is 0 Å². The highest BCUT2D eigenvalue weighted by Crippen LogP contribution is 2.17. The summed E-state index contributed by atoms with van der Waals surface area (Å²) in [4.78, 5) is 16.4. The molecular weight excluding hydrogens is 254 g/mol. The molecule has 1 aromatic carbocycles. The van der Waals surface area contributed by atoms with Gasteiger partial charge in [0, 0.05) is 37.4 Å². The number of carbonyl (C=O) groups is 1. The van der Waals surface area contributed by atoms with Gasteiger partial charge in [-0.25, -0.2) is 0 Å². The van der Waals surface area contributed by atoms with Gasteiger partial charge in [-0.05, 0) is 19.1 Å². The molecule has 0 spiro atoms. The smallest absolute Gasteiger partial charge is 0.292 e. The van der Waals surface area contributed by atoms with Crippen molar-refractivity contribution < 1.29 is 9.32 Å². The first-order valence-corrected chi connectivity index (χ1v) is 6.76. The second-order valence-electron chi connectivity index (χ2n) is 4.95. The fourth-order valence-electron chi connectivity index (χ4n) is 2.45. The van der Waals surface area contributed by atoms with Crippen LogP contribution in [0.2, 0.25) is 0 Å². The summed E-state index contributed by atoms with van der Waals surface area (Å²) >= 11 is 0. The summed E-state index contributed by atoms with van der Waals surface area (Å²) in [5.74, 6) is 0.297. The van der Waals surface area contributed by atoms with Gasteiger partial charge in [0.1, 0.15) is 0 Å². The van der Waals surface area contributed by atoms with Crippen LogP contribution >= 0.6 is 0 Å². The van der Waals surface area contributed by atoms with Gasteiger partial charge in [-0.1, -0.05) is 23.4 Å². The molecule has 0 saturated carbocycles. The highest BCUT2D eigenvalue weighted by atomic mass is 16.5. The fourth-order valence-corrected chi connectivity index (χ4v) is 2.45. The Hall–Kier alpha value is -2.30. The molecule has 0 atom stereocenters. The third-order valence-corrected chi connectivity index (χ3v) is 3.63. The Morgan fingerprint density at radius 1 is 1.15 bits per heavy atom. The minimum Gasteiger partial charge on any atom is -0.368 e. The molecule has 1 aromatic heterocycles. The number of hydrogen-bond acceptors (Lipinski definition) is 4. The predicted molar refractivity (Wildman–Crippen MR) is 75.8 cm³/mol. The molecule has 104 valence electrons. The average Bonchev–Trinajstić information content (AvgIpc) is 2.94. The number of para-hydroxylation sites is 1. The minimum absolute atomic E-state index is 0.0623. The van der Waals surface area contributed by atoms with Crippen LogP contribution in [0.1, 0.15) is 16.1 Å². The summed E-state index contributed by atoms with van der Waals surface area (Å²) in [6.45, 7) is 4.91. The molecule has 1 amide bonds. The van der Waals surface area contributed by atoms with E-state index in [1.165, 1.54) is 5.69 Å². The Morgan fingerprint density at radius 3 is 2.45 bits per heavy atom. The van der Waals surface area contributed by atoms with Gasteiger partial charge in [-0.3, -0.25) is 4.79 Å². The third-order valence-electron chi connectivity index (χ3n) is 3.63. The maximum atomic E-state index is 12.3. The van der Waals surface area contributed by atoms with E-state index in [-0.39, 0.29) is 5.91 Å². The summed E-state index contributed by atoms with van der Waals surface area (Å²) in [5.41, 5.74) is 2.00. The number of amides is 1. The van der Waals surface area contributed by atoms with Gasteiger partial charge < -0.3 is 14.3 Å². The predicted octanol–water partition coefficient (Wildman–Crippen LogP) is 1.95. The first-order valence-electron chi connectivity index (χ1n) is 6.76. The van der Waals surface area contributed by atoms with Crippen LogP contribution in [0.5, 0.6) is 0 Å². The number of hydrogen-bond donors (Lipinski definition) is 0. The molecule has 1 aliphatic rings. The highest BCUT2D eigenvalue weighted by Gasteiger charge is 2.25. The monoisotopic (exact) mass is 271 g/mol. The van der Waals surface area contributed by atoms with Crippen LogP contribution in [0.25, 0.3) is 0 Å². The Bertz CT molecular complexity index is 586. The van der Waals surface area contributed by atoms with Gasteiger partial charge in [-0.15, -0.1) is 0 Å². The topological polar surface area (TPSA) is 49.6 Å². The van der Waals surface area contributed by atoms with Gasteiger partial charge in [0.25, 0.3) is 5.91 Å². The lowest BCUT2D eigenvalue weighted by molar-refractivity contribution is 0.0704. The largest absolute Gasteiger partial charge is 0.368 e. The zero-order valence-corrected chi connectivity index (χ0v) is 11.5. The molecule has 3 rings (SSSR count). The second-order valence-corrected chi connectivity index (χ2v) is 4.95. The molecule has 20 heavy (non-hydrogen) atoms. The molecule has 2 aromatic rings. The third kappa shape index (κ3) is 2.39. The molecule has 0 unspecified atom stereocenters. The number of benzene rings is 1. The van der Waals surface area contributed by atoms with E-state index in [1.807, 2.05) is 30.0 Å². The van der Waals surface area contributed by atoms with Gasteiger partial charge >= 0.3 is 0 Å². The van der Waals surface area contributed by atoms with Crippen molar-refractivity contribution in [1.82, 2.24) is 10.1 Å². The van der Waals surface area contributed by atoms with Crippen LogP contribution in [0.3, 0.4) is 0 Å². The van der Waals surface area contributed by atoms with Crippen molar-refractivity contribution in [2.75, 3.05) is 31.1 Å². The van der Waals surface area contributed by atoms with Gasteiger partial charge in [0.15, 0.2) is 0 Å². The van der Waals surface area contributed by atoms with Crippen molar-refractivity contribution in [2.45, 2.75) is 6.92 Å². The molecular formula is C15H17N3O2. The Morgan fingerprint density at radius 2 is 1.85 bits per heavy atom. The van der Waals surface area contributed by atoms with Gasteiger partial charge in [0.2, 0.25) is 5.76 Å². The first-order chi connectivity index (χ1) is 9.75. The molecule has 1 fully saturated rings. The highest BCUT2D eigenvalue weighted by molar-refractivity contribution is 5.92. The quantitative estimate of drug-likeness (QED) is 0.837. The van der Waals surface area contributed by atoms with E-state index >= 15 is 0 Å². The van der Waals surface area contributed by atoms with E-state index in [0.29, 0.717) is 18.8 Å². The number of carbonyl (C=O) groups excluding carboxylic acids is 1. The molecule has 1 aliphatic heterocycles. The lowest BCUT2D eigenvalue weighted by atomic mass is 10.2. The summed E-state index contributed by atoms with van der Waals surface area (Å²) in [7, 11) is 0. The molecule has 0 radical (unpaired) electrons. The molecule has 5 heteroatoms. The normalized spacial score (nSPS) is 15.4. The Kier molecular flexibility index (Phi) is 3.41. The zero-order valence-electron chi connectivity index (χ0n) is 11.5. The first kappa shape index (κ1) is 12.7. The number of aromatic nitrogens is 1. The van der Waals surface area contributed by atoms with Crippen molar-refractivity contribution in [1.29, 1.82) is 0 Å². The summed E-state index contributed by atoms with van der Waals surface area (Å²) in [6.07, 6.45) is 1.58. The van der Waals surface area contributed by atoms with Crippen molar-refractivity contribution in [3.05, 3.63) is 47.9 Å². The lowest BCUT2D eigenvalue weighted by Gasteiger charge is -2.35. The van der Waals surface area contributed by atoms with Crippen LogP contribution < -0.4 is 4.90 Å². The standard InChI is InChI=1S/C15H17N3O2/c1-12-11-16-20-14(12)15(19)18-9-7-17(8-10-18)13-5-3-2-4-6-13/h2-6,11H,7-10H2,1H3. The number of anilines is 1. The number of nitrogens with zero attached hydrogens (tertiary/aromatic N) is 3. The van der Waals surface area contributed by atoms with Crippen LogP contribution in [0.4, 0.5) is 5.69 Å². The lowest BCUT2D eigenvalue weighted by Crippen LogP contribution is -2.48. The van der Waals surface area contributed by atoms with E-state index in [2.05, 4.69) is 22.2 Å². The number of aryl methyl sites for hydroxylation is 1. The van der Waals surface area contributed by atoms with Crippen LogP contribution in [0.15, 0.2) is 41.1 Å². The number of rotatable bonds is 2. The molecule has 2 heterocycles. The van der Waals surface area contributed by atoms with Crippen LogP contribution in [-0.2, 0) is 0 Å². The second kappa shape index (κ2) is 5.36. The van der Waals surface area contributed by atoms with E-state index < -0.39 is 0 Å². The summed E-state index contributed by atoms with van der Waals surface area (Å²) in [6, 6.07) is 10.3. The van der Waals surface area contributed by atoms with Gasteiger partial charge in [-0.2, -0.15) is 0 Å². The SMILES string of the molecule is Cc1cnoc1C(=O)N1CCN(c2ccccc2)CC1. The van der Waals surface area contributed by atoms with E-state index in [0.717, 1.165) is 18.7 Å². The van der Waals surface area contributed by atoms with Crippen molar-refractivity contribution >= 4 is 11.6 Å². The molecule has 0 bridgehead atoms. The fraction of sp³-hybridized carbons (Fsp3) is 0.333. The van der Waals surface area contributed by atoms with Crippen molar-refractivity contribution in [3.63, 3.8) is 0 Å². The average molecular weight is 271 g/mol. The molecule has 1 saturated heterocycles. The van der Waals surface area contributed by atoms with Crippen molar-refractivity contribution in [3.8, 4) is 0 Å². The van der Waals surface area contributed by atoms with E-state index in [4.69, 9.17) is 4.52 Å². The Balaban J connectivity index is 1.64. The molecule has 5 nitrogen and oxygen atoms in total. The van der Waals surface area contributed by atoms with Crippen LogP contribution in [-0.4, -0.2) is 42.1 Å². The Labute approximate surface area is 117 Å². The summed E-state index contributed by atoms with van der Waals surface area (Å²) < 4.78 is 5.04. The number of piperazine rings is 1. The van der Waals surface area contributed by atoms with Gasteiger partial charge in [0.05, 0.1) is 6.20 Å². The maximum Gasteiger partial charge on any atom is 0.292 e. The summed E-state index contributed by atoms with van der Waals surface area (Å²) in [5, 5.41) is 3.67.